The van der Waals surface area contributed by atoms with E-state index in [2.05, 4.69) is 4.90 Å². The predicted molar refractivity (Wildman–Crippen MR) is 136 cm³/mol. The highest BCUT2D eigenvalue weighted by Gasteiger charge is 2.54. The van der Waals surface area contributed by atoms with Crippen LogP contribution in [-0.4, -0.2) is 77.4 Å². The zero-order chi connectivity index (χ0) is 24.3. The van der Waals surface area contributed by atoms with E-state index in [0.29, 0.717) is 44.9 Å². The monoisotopic (exact) mass is 480 g/mol. The van der Waals surface area contributed by atoms with Gasteiger partial charge in [-0.25, -0.2) is 0 Å². The lowest BCUT2D eigenvalue weighted by molar-refractivity contribution is -0.142. The Morgan fingerprint density at radius 3 is 2.17 bits per heavy atom. The first-order chi connectivity index (χ1) is 17.1. The number of hydrogen-bond donors (Lipinski definition) is 0. The average Bonchev–Trinajstić information content (AvgIpc) is 3.52. The third kappa shape index (κ3) is 5.05. The molecule has 0 N–H and O–H groups in total. The molecule has 4 fully saturated rings. The summed E-state index contributed by atoms with van der Waals surface area (Å²) in [5.41, 5.74) is 0.334. The van der Waals surface area contributed by atoms with E-state index in [0.717, 1.165) is 38.0 Å². The minimum atomic E-state index is -0.675. The molecule has 3 heterocycles. The molecule has 1 spiro atoms. The molecule has 5 rings (SSSR count). The number of likely N-dealkylation sites (tertiary alicyclic amines) is 2. The largest absolute Gasteiger partial charge is 0.342 e. The first-order valence-corrected chi connectivity index (χ1v) is 13.7. The summed E-state index contributed by atoms with van der Waals surface area (Å²) in [7, 11) is 0. The number of nitrogens with zero attached hydrogens (tertiary/aromatic N) is 4. The van der Waals surface area contributed by atoms with Crippen LogP contribution in [0.15, 0.2) is 30.3 Å². The first-order valence-electron chi connectivity index (χ1n) is 13.7. The van der Waals surface area contributed by atoms with Gasteiger partial charge < -0.3 is 19.6 Å². The molecule has 1 saturated carbocycles. The number of carbonyl (C=O) groups excluding carboxylic acids is 3. The molecule has 4 aliphatic rings. The van der Waals surface area contributed by atoms with E-state index in [1.165, 1.54) is 32.1 Å². The molecule has 190 valence electrons. The van der Waals surface area contributed by atoms with Crippen molar-refractivity contribution in [2.45, 2.75) is 76.2 Å². The predicted octanol–water partition coefficient (Wildman–Crippen LogP) is 3.64. The van der Waals surface area contributed by atoms with Gasteiger partial charge in [-0.2, -0.15) is 0 Å². The van der Waals surface area contributed by atoms with E-state index in [9.17, 15) is 14.4 Å². The Hall–Kier alpha value is -2.57. The molecule has 7 nitrogen and oxygen atoms in total. The average molecular weight is 481 g/mol. The lowest BCUT2D eigenvalue weighted by Crippen LogP contribution is -2.57. The number of rotatable bonds is 6. The van der Waals surface area contributed by atoms with E-state index < -0.39 is 5.54 Å². The van der Waals surface area contributed by atoms with E-state index in [-0.39, 0.29) is 24.3 Å². The lowest BCUT2D eigenvalue weighted by atomic mass is 9.85. The van der Waals surface area contributed by atoms with Crippen molar-refractivity contribution in [3.63, 3.8) is 0 Å². The van der Waals surface area contributed by atoms with Gasteiger partial charge in [0.15, 0.2) is 0 Å². The van der Waals surface area contributed by atoms with Gasteiger partial charge in [0.25, 0.3) is 5.91 Å². The van der Waals surface area contributed by atoms with Crippen LogP contribution in [0.5, 0.6) is 0 Å². The van der Waals surface area contributed by atoms with Gasteiger partial charge in [0.2, 0.25) is 11.8 Å². The van der Waals surface area contributed by atoms with Gasteiger partial charge in [-0.15, -0.1) is 0 Å². The summed E-state index contributed by atoms with van der Waals surface area (Å²) < 4.78 is 0. The van der Waals surface area contributed by atoms with Crippen LogP contribution in [0.2, 0.25) is 0 Å². The van der Waals surface area contributed by atoms with Crippen molar-refractivity contribution in [2.24, 2.45) is 5.92 Å². The zero-order valence-electron chi connectivity index (χ0n) is 21.0. The highest BCUT2D eigenvalue weighted by Crippen LogP contribution is 2.40. The minimum Gasteiger partial charge on any atom is -0.342 e. The maximum Gasteiger partial charge on any atom is 0.250 e. The number of hydrogen-bond acceptors (Lipinski definition) is 4. The molecule has 3 aliphatic heterocycles. The molecule has 0 unspecified atom stereocenters. The topological polar surface area (TPSA) is 64.2 Å². The third-order valence-corrected chi connectivity index (χ3v) is 8.80. The molecular weight excluding hydrogens is 440 g/mol. The van der Waals surface area contributed by atoms with E-state index in [1.807, 2.05) is 40.1 Å². The fraction of sp³-hybridized carbons (Fsp3) is 0.679. The Bertz CT molecular complexity index is 900. The van der Waals surface area contributed by atoms with E-state index in [4.69, 9.17) is 0 Å². The second-order valence-corrected chi connectivity index (χ2v) is 11.0. The quantitative estimate of drug-likeness (QED) is 0.624. The summed E-state index contributed by atoms with van der Waals surface area (Å²) >= 11 is 0. The number of amides is 3. The normalized spacial score (nSPS) is 22.9. The van der Waals surface area contributed by atoms with Gasteiger partial charge in [-0.3, -0.25) is 14.4 Å². The van der Waals surface area contributed by atoms with E-state index in [1.54, 1.807) is 4.90 Å². The number of carbonyl (C=O) groups is 3. The minimum absolute atomic E-state index is 0.0461. The molecule has 0 aromatic heterocycles. The third-order valence-electron chi connectivity index (χ3n) is 8.80. The van der Waals surface area contributed by atoms with Gasteiger partial charge >= 0.3 is 0 Å². The number of anilines is 1. The van der Waals surface area contributed by atoms with Crippen LogP contribution >= 0.6 is 0 Å². The van der Waals surface area contributed by atoms with Gasteiger partial charge in [-0.1, -0.05) is 43.9 Å². The van der Waals surface area contributed by atoms with Crippen molar-refractivity contribution in [3.05, 3.63) is 30.3 Å². The highest BCUT2D eigenvalue weighted by molar-refractivity contribution is 5.96. The zero-order valence-corrected chi connectivity index (χ0v) is 21.0. The van der Waals surface area contributed by atoms with Crippen molar-refractivity contribution in [1.82, 2.24) is 14.7 Å². The van der Waals surface area contributed by atoms with Crippen LogP contribution < -0.4 is 4.90 Å². The number of piperidine rings is 2. The van der Waals surface area contributed by atoms with Gasteiger partial charge in [0, 0.05) is 38.3 Å². The summed E-state index contributed by atoms with van der Waals surface area (Å²) in [6, 6.07) is 10.1. The van der Waals surface area contributed by atoms with Crippen LogP contribution in [0.4, 0.5) is 5.69 Å². The van der Waals surface area contributed by atoms with Gasteiger partial charge in [0.1, 0.15) is 12.1 Å². The molecule has 7 heteroatoms. The summed E-state index contributed by atoms with van der Waals surface area (Å²) in [5, 5.41) is 0. The Balaban J connectivity index is 1.26. The van der Waals surface area contributed by atoms with Crippen molar-refractivity contribution in [3.8, 4) is 0 Å². The van der Waals surface area contributed by atoms with Crippen LogP contribution in [0, 0.1) is 5.92 Å². The summed E-state index contributed by atoms with van der Waals surface area (Å²) in [6.45, 7) is 3.38. The maximum absolute atomic E-state index is 13.9. The molecule has 1 aliphatic carbocycles. The molecule has 0 radical (unpaired) electrons. The van der Waals surface area contributed by atoms with Gasteiger partial charge in [0.05, 0.1) is 6.67 Å². The highest BCUT2D eigenvalue weighted by atomic mass is 16.2. The first kappa shape index (κ1) is 24.1. The SMILES string of the molecule is O=C(CCC1CCCC1)N1CCC2(CC1)C(=O)N(CC(=O)N1CCCCC1)CN2c1ccccc1. The van der Waals surface area contributed by atoms with Crippen molar-refractivity contribution < 1.29 is 14.4 Å². The standard InChI is InChI=1S/C28H40N4O3/c33-25(14-13-23-9-5-6-10-23)30-19-15-28(16-20-30)27(35)31(21-26(34)29-17-7-2-8-18-29)22-32(28)24-11-3-1-4-12-24/h1,3-4,11-12,23H,2,5-10,13-22H2. The molecule has 35 heavy (non-hydrogen) atoms. The molecule has 0 atom stereocenters. The lowest BCUT2D eigenvalue weighted by Gasteiger charge is -2.43. The fourth-order valence-corrected chi connectivity index (χ4v) is 6.64. The summed E-state index contributed by atoms with van der Waals surface area (Å²) in [5.74, 6) is 1.05. The Morgan fingerprint density at radius 1 is 0.829 bits per heavy atom. The number of para-hydroxylation sites is 1. The molecule has 1 aromatic carbocycles. The molecular formula is C28H40N4O3. The Kier molecular flexibility index (Phi) is 7.30. The molecule has 0 bridgehead atoms. The fourth-order valence-electron chi connectivity index (χ4n) is 6.64. The Morgan fingerprint density at radius 2 is 1.49 bits per heavy atom. The summed E-state index contributed by atoms with van der Waals surface area (Å²) in [4.78, 5) is 47.6. The van der Waals surface area contributed by atoms with Crippen molar-refractivity contribution in [1.29, 1.82) is 0 Å². The number of benzene rings is 1. The van der Waals surface area contributed by atoms with Crippen LogP contribution in [-0.2, 0) is 14.4 Å². The smallest absolute Gasteiger partial charge is 0.250 e. The molecule has 1 aromatic rings. The van der Waals surface area contributed by atoms with E-state index >= 15 is 0 Å². The summed E-state index contributed by atoms with van der Waals surface area (Å²) in [6.07, 6.45) is 11.3. The van der Waals surface area contributed by atoms with Crippen molar-refractivity contribution in [2.75, 3.05) is 44.3 Å². The molecule has 3 amide bonds. The molecule has 3 saturated heterocycles. The van der Waals surface area contributed by atoms with Crippen molar-refractivity contribution >= 4 is 23.4 Å². The van der Waals surface area contributed by atoms with Gasteiger partial charge in [-0.05, 0) is 56.6 Å². The van der Waals surface area contributed by atoms with Crippen LogP contribution in [0.25, 0.3) is 0 Å². The van der Waals surface area contributed by atoms with Crippen LogP contribution in [0.1, 0.15) is 70.6 Å². The Labute approximate surface area is 209 Å². The second kappa shape index (κ2) is 10.6. The van der Waals surface area contributed by atoms with Crippen LogP contribution in [0.3, 0.4) is 0 Å². The second-order valence-electron chi connectivity index (χ2n) is 11.0. The maximum atomic E-state index is 13.9.